The number of hydrogen-bond acceptors (Lipinski definition) is 8. The molecule has 0 aliphatic carbocycles. The van der Waals surface area contributed by atoms with E-state index in [0.717, 1.165) is 11.1 Å². The molecule has 3 aromatic rings. The molecule has 8 heteroatoms. The molecular weight excluding hydrogens is 386 g/mol. The summed E-state index contributed by atoms with van der Waals surface area (Å²) in [5.74, 6) is -0.193. The van der Waals surface area contributed by atoms with Crippen LogP contribution in [0.5, 0.6) is 0 Å². The van der Waals surface area contributed by atoms with Crippen LogP contribution in [0.3, 0.4) is 0 Å². The van der Waals surface area contributed by atoms with Gasteiger partial charge in [-0.1, -0.05) is 35.0 Å². The van der Waals surface area contributed by atoms with Gasteiger partial charge in [-0.3, -0.25) is 0 Å². The van der Waals surface area contributed by atoms with Crippen LogP contribution in [-0.4, -0.2) is 35.3 Å². The molecule has 0 unspecified atom stereocenters. The fourth-order valence-electron chi connectivity index (χ4n) is 2.72. The van der Waals surface area contributed by atoms with Crippen molar-refractivity contribution in [3.05, 3.63) is 65.0 Å². The van der Waals surface area contributed by atoms with Crippen molar-refractivity contribution in [3.63, 3.8) is 0 Å². The minimum atomic E-state index is -0.522. The highest BCUT2D eigenvalue weighted by molar-refractivity contribution is 5.97. The number of aromatic nitrogens is 2. The van der Waals surface area contributed by atoms with Gasteiger partial charge in [0.05, 0.1) is 30.9 Å². The van der Waals surface area contributed by atoms with Crippen molar-refractivity contribution >= 4 is 17.6 Å². The first-order chi connectivity index (χ1) is 14.5. The van der Waals surface area contributed by atoms with Gasteiger partial charge in [-0.15, -0.1) is 0 Å². The number of rotatable bonds is 8. The van der Waals surface area contributed by atoms with E-state index in [0.29, 0.717) is 17.4 Å². The van der Waals surface area contributed by atoms with Gasteiger partial charge in [0.1, 0.15) is 0 Å². The van der Waals surface area contributed by atoms with Crippen LogP contribution in [0.2, 0.25) is 0 Å². The summed E-state index contributed by atoms with van der Waals surface area (Å²) in [5.41, 5.74) is 3.01. The molecule has 8 nitrogen and oxygen atoms in total. The largest absolute Gasteiger partial charge is 0.462 e. The average Bonchev–Trinajstić information content (AvgIpc) is 3.22. The second-order valence-corrected chi connectivity index (χ2v) is 6.47. The molecule has 3 rings (SSSR count). The van der Waals surface area contributed by atoms with Crippen molar-refractivity contribution in [2.24, 2.45) is 0 Å². The Morgan fingerprint density at radius 3 is 2.13 bits per heavy atom. The number of nitrogens with zero attached hydrogens (tertiary/aromatic N) is 2. The molecule has 1 N–H and O–H groups in total. The summed E-state index contributed by atoms with van der Waals surface area (Å²) in [5, 5.41) is 7.09. The van der Waals surface area contributed by atoms with Crippen molar-refractivity contribution in [3.8, 4) is 11.4 Å². The molecule has 0 aliphatic rings. The molecule has 0 saturated carbocycles. The molecule has 1 aromatic heterocycles. The lowest BCUT2D eigenvalue weighted by Gasteiger charge is -2.10. The van der Waals surface area contributed by atoms with E-state index < -0.39 is 11.9 Å². The van der Waals surface area contributed by atoms with Crippen LogP contribution in [-0.2, 0) is 16.0 Å². The molecule has 2 aromatic carbocycles. The topological polar surface area (TPSA) is 104 Å². The Kier molecular flexibility index (Phi) is 6.79. The summed E-state index contributed by atoms with van der Waals surface area (Å²) in [6.07, 6.45) is 0. The molecular formula is C22H23N3O5. The molecule has 0 fully saturated rings. The molecule has 0 bridgehead atoms. The Bertz CT molecular complexity index is 991. The normalized spacial score (nSPS) is 10.5. The van der Waals surface area contributed by atoms with E-state index >= 15 is 0 Å². The summed E-state index contributed by atoms with van der Waals surface area (Å²) in [4.78, 5) is 28.7. The number of anilines is 1. The zero-order valence-electron chi connectivity index (χ0n) is 17.1. The summed E-state index contributed by atoms with van der Waals surface area (Å²) in [6, 6.07) is 12.4. The monoisotopic (exact) mass is 409 g/mol. The first kappa shape index (κ1) is 21.0. The van der Waals surface area contributed by atoms with Crippen LogP contribution in [0.1, 0.15) is 46.0 Å². The van der Waals surface area contributed by atoms with Crippen LogP contribution in [0.4, 0.5) is 5.69 Å². The van der Waals surface area contributed by atoms with E-state index in [2.05, 4.69) is 15.5 Å². The van der Waals surface area contributed by atoms with E-state index in [4.69, 9.17) is 14.0 Å². The highest BCUT2D eigenvalue weighted by Gasteiger charge is 2.15. The molecule has 0 aliphatic heterocycles. The van der Waals surface area contributed by atoms with Gasteiger partial charge in [-0.05, 0) is 39.0 Å². The first-order valence-electron chi connectivity index (χ1n) is 9.63. The maximum absolute atomic E-state index is 12.1. The molecule has 30 heavy (non-hydrogen) atoms. The van der Waals surface area contributed by atoms with Gasteiger partial charge < -0.3 is 19.3 Å². The number of hydrogen-bond donors (Lipinski definition) is 1. The van der Waals surface area contributed by atoms with Gasteiger partial charge >= 0.3 is 11.9 Å². The van der Waals surface area contributed by atoms with Crippen molar-refractivity contribution in [2.45, 2.75) is 27.3 Å². The van der Waals surface area contributed by atoms with Crippen molar-refractivity contribution in [1.82, 2.24) is 10.1 Å². The number of benzene rings is 2. The fraction of sp³-hybridized carbons (Fsp3) is 0.273. The lowest BCUT2D eigenvalue weighted by molar-refractivity contribution is 0.0525. The maximum Gasteiger partial charge on any atom is 0.338 e. The highest BCUT2D eigenvalue weighted by Crippen LogP contribution is 2.20. The Morgan fingerprint density at radius 1 is 0.967 bits per heavy atom. The third kappa shape index (κ3) is 5.22. The quantitative estimate of drug-likeness (QED) is 0.557. The number of carbonyl (C=O) groups is 2. The van der Waals surface area contributed by atoms with Gasteiger partial charge in [0.2, 0.25) is 11.7 Å². The van der Waals surface area contributed by atoms with E-state index in [1.54, 1.807) is 26.0 Å². The summed E-state index contributed by atoms with van der Waals surface area (Å²) in [6.45, 7) is 6.11. The zero-order chi connectivity index (χ0) is 21.5. The van der Waals surface area contributed by atoms with Crippen molar-refractivity contribution < 1.29 is 23.6 Å². The zero-order valence-corrected chi connectivity index (χ0v) is 17.1. The molecule has 156 valence electrons. The van der Waals surface area contributed by atoms with Crippen LogP contribution in [0.15, 0.2) is 47.0 Å². The number of carbonyl (C=O) groups excluding carboxylic acids is 2. The summed E-state index contributed by atoms with van der Waals surface area (Å²) < 4.78 is 15.4. The average molecular weight is 409 g/mol. The van der Waals surface area contributed by atoms with E-state index in [1.165, 1.54) is 6.07 Å². The third-order valence-corrected chi connectivity index (χ3v) is 4.18. The number of aryl methyl sites for hydroxylation is 1. The van der Waals surface area contributed by atoms with Crippen LogP contribution >= 0.6 is 0 Å². The van der Waals surface area contributed by atoms with E-state index in [1.807, 2.05) is 31.2 Å². The minimum Gasteiger partial charge on any atom is -0.462 e. The molecule has 1 heterocycles. The van der Waals surface area contributed by atoms with E-state index in [9.17, 15) is 9.59 Å². The van der Waals surface area contributed by atoms with Gasteiger partial charge in [-0.25, -0.2) is 9.59 Å². The summed E-state index contributed by atoms with van der Waals surface area (Å²) >= 11 is 0. The van der Waals surface area contributed by atoms with Crippen LogP contribution < -0.4 is 5.32 Å². The van der Waals surface area contributed by atoms with Gasteiger partial charge in [0.25, 0.3) is 0 Å². The SMILES string of the molecule is CCOC(=O)c1cc(NCc2nc(-c3ccc(C)cc3)no2)cc(C(=O)OCC)c1. The molecule has 0 spiro atoms. The van der Waals surface area contributed by atoms with Crippen LogP contribution in [0, 0.1) is 6.92 Å². The second kappa shape index (κ2) is 9.69. The number of esters is 2. The third-order valence-electron chi connectivity index (χ3n) is 4.18. The Labute approximate surface area is 174 Å². The predicted octanol–water partition coefficient (Wildman–Crippen LogP) is 4.01. The van der Waals surface area contributed by atoms with Crippen molar-refractivity contribution in [2.75, 3.05) is 18.5 Å². The fourth-order valence-corrected chi connectivity index (χ4v) is 2.72. The second-order valence-electron chi connectivity index (χ2n) is 6.47. The predicted molar refractivity (Wildman–Crippen MR) is 110 cm³/mol. The Morgan fingerprint density at radius 2 is 1.57 bits per heavy atom. The van der Waals surface area contributed by atoms with E-state index in [-0.39, 0.29) is 30.9 Å². The van der Waals surface area contributed by atoms with Gasteiger partial charge in [0.15, 0.2) is 0 Å². The van der Waals surface area contributed by atoms with Crippen molar-refractivity contribution in [1.29, 1.82) is 0 Å². The first-order valence-corrected chi connectivity index (χ1v) is 9.63. The molecule has 0 atom stereocenters. The number of ether oxygens (including phenoxy) is 2. The summed E-state index contributed by atoms with van der Waals surface area (Å²) in [7, 11) is 0. The molecule has 0 amide bonds. The highest BCUT2D eigenvalue weighted by atomic mass is 16.5. The standard InChI is InChI=1S/C22H23N3O5/c1-4-28-21(26)16-10-17(22(27)29-5-2)12-18(11-16)23-13-19-24-20(25-30-19)15-8-6-14(3)7-9-15/h6-12,23H,4-5,13H2,1-3H3. The lowest BCUT2D eigenvalue weighted by Crippen LogP contribution is -2.11. The van der Waals surface area contributed by atoms with Gasteiger partial charge in [-0.2, -0.15) is 4.98 Å². The lowest BCUT2D eigenvalue weighted by atomic mass is 10.1. The Hall–Kier alpha value is -3.68. The van der Waals surface area contributed by atoms with Gasteiger partial charge in [0, 0.05) is 11.3 Å². The smallest absolute Gasteiger partial charge is 0.338 e. The Balaban J connectivity index is 1.77. The number of nitrogens with one attached hydrogen (secondary N) is 1. The minimum absolute atomic E-state index is 0.216. The molecule has 0 saturated heterocycles. The molecule has 0 radical (unpaired) electrons. The maximum atomic E-state index is 12.1. The van der Waals surface area contributed by atoms with Crippen LogP contribution in [0.25, 0.3) is 11.4 Å².